The zero-order chi connectivity index (χ0) is 22.4. The highest BCUT2D eigenvalue weighted by Gasteiger charge is 2.12. The SMILES string of the molecule is COCCn1c(=NC(=O)C=Cc2cccc([N+](=O)[O-])c2)sc2cc(C(=O)OC)ccc21. The average Bonchev–Trinajstić information content (AvgIpc) is 3.11. The maximum atomic E-state index is 12.4. The highest BCUT2D eigenvalue weighted by Crippen LogP contribution is 2.20. The number of carbonyl (C=O) groups is 2. The molecule has 1 heterocycles. The first kappa shape index (κ1) is 22.1. The van der Waals surface area contributed by atoms with Crippen LogP contribution in [-0.4, -0.2) is 42.2 Å². The Morgan fingerprint density at radius 3 is 2.74 bits per heavy atom. The summed E-state index contributed by atoms with van der Waals surface area (Å²) in [5.41, 5.74) is 1.67. The Labute approximate surface area is 181 Å². The Morgan fingerprint density at radius 2 is 2.03 bits per heavy atom. The van der Waals surface area contributed by atoms with Gasteiger partial charge in [-0.25, -0.2) is 4.79 Å². The summed E-state index contributed by atoms with van der Waals surface area (Å²) in [6.07, 6.45) is 2.73. The summed E-state index contributed by atoms with van der Waals surface area (Å²) in [5.74, 6) is -0.967. The summed E-state index contributed by atoms with van der Waals surface area (Å²) in [7, 11) is 2.89. The van der Waals surface area contributed by atoms with Crippen molar-refractivity contribution in [3.8, 4) is 0 Å². The van der Waals surface area contributed by atoms with E-state index in [0.717, 1.165) is 10.2 Å². The van der Waals surface area contributed by atoms with Gasteiger partial charge in [0, 0.05) is 31.9 Å². The quantitative estimate of drug-likeness (QED) is 0.241. The van der Waals surface area contributed by atoms with Crippen LogP contribution in [0.15, 0.2) is 53.5 Å². The number of methoxy groups -OCH3 is 2. The van der Waals surface area contributed by atoms with Crippen molar-refractivity contribution < 1.29 is 24.0 Å². The van der Waals surface area contributed by atoms with Gasteiger partial charge in [0.1, 0.15) is 0 Å². The molecular weight excluding hydrogens is 422 g/mol. The van der Waals surface area contributed by atoms with Crippen LogP contribution in [0.5, 0.6) is 0 Å². The van der Waals surface area contributed by atoms with Crippen LogP contribution >= 0.6 is 11.3 Å². The predicted molar refractivity (Wildman–Crippen MR) is 116 cm³/mol. The van der Waals surface area contributed by atoms with Gasteiger partial charge in [-0.2, -0.15) is 4.99 Å². The molecule has 31 heavy (non-hydrogen) atoms. The number of nitro benzene ring substituents is 1. The van der Waals surface area contributed by atoms with E-state index < -0.39 is 16.8 Å². The molecule has 0 atom stereocenters. The molecule has 3 aromatic rings. The first-order valence-corrected chi connectivity index (χ1v) is 9.96. The fourth-order valence-corrected chi connectivity index (χ4v) is 3.94. The molecule has 2 aromatic carbocycles. The van der Waals surface area contributed by atoms with E-state index in [4.69, 9.17) is 9.47 Å². The molecule has 160 valence electrons. The Balaban J connectivity index is 1.97. The number of carbonyl (C=O) groups excluding carboxylic acids is 2. The Kier molecular flexibility index (Phi) is 7.06. The minimum absolute atomic E-state index is 0.0603. The van der Waals surface area contributed by atoms with E-state index in [2.05, 4.69) is 4.99 Å². The number of fused-ring (bicyclic) bond motifs is 1. The normalized spacial score (nSPS) is 11.9. The minimum atomic E-state index is -0.516. The summed E-state index contributed by atoms with van der Waals surface area (Å²) >= 11 is 1.26. The Morgan fingerprint density at radius 1 is 1.23 bits per heavy atom. The van der Waals surface area contributed by atoms with E-state index in [1.54, 1.807) is 37.4 Å². The molecule has 0 unspecified atom stereocenters. The number of non-ortho nitro benzene ring substituents is 1. The summed E-state index contributed by atoms with van der Waals surface area (Å²) in [4.78, 5) is 39.2. The topological polar surface area (TPSA) is 113 Å². The summed E-state index contributed by atoms with van der Waals surface area (Å²) in [6.45, 7) is 0.879. The third-order valence-electron chi connectivity index (χ3n) is 4.33. The molecule has 1 aromatic heterocycles. The smallest absolute Gasteiger partial charge is 0.337 e. The zero-order valence-electron chi connectivity index (χ0n) is 16.8. The molecule has 0 N–H and O–H groups in total. The van der Waals surface area contributed by atoms with Crippen LogP contribution in [0.25, 0.3) is 16.3 Å². The van der Waals surface area contributed by atoms with Crippen LogP contribution in [0.1, 0.15) is 15.9 Å². The second-order valence-corrected chi connectivity index (χ2v) is 7.35. The third kappa shape index (κ3) is 5.30. The fourth-order valence-electron chi connectivity index (χ4n) is 2.84. The molecule has 0 spiro atoms. The number of thiazole rings is 1. The summed E-state index contributed by atoms with van der Waals surface area (Å²) in [5, 5.41) is 10.9. The maximum absolute atomic E-state index is 12.4. The van der Waals surface area contributed by atoms with Gasteiger partial charge in [0.05, 0.1) is 34.4 Å². The van der Waals surface area contributed by atoms with Gasteiger partial charge in [-0.15, -0.1) is 0 Å². The molecule has 3 rings (SSSR count). The van der Waals surface area contributed by atoms with Gasteiger partial charge < -0.3 is 14.0 Å². The maximum Gasteiger partial charge on any atom is 0.337 e. The van der Waals surface area contributed by atoms with E-state index in [1.165, 1.54) is 42.7 Å². The zero-order valence-corrected chi connectivity index (χ0v) is 17.6. The lowest BCUT2D eigenvalue weighted by molar-refractivity contribution is -0.384. The molecule has 10 heteroatoms. The largest absolute Gasteiger partial charge is 0.465 e. The van der Waals surface area contributed by atoms with E-state index in [1.807, 2.05) is 4.57 Å². The van der Waals surface area contributed by atoms with Gasteiger partial charge in [-0.1, -0.05) is 23.5 Å². The second kappa shape index (κ2) is 9.92. The highest BCUT2D eigenvalue weighted by molar-refractivity contribution is 7.16. The van der Waals surface area contributed by atoms with Crippen molar-refractivity contribution >= 4 is 45.2 Å². The number of benzene rings is 2. The number of aromatic nitrogens is 1. The van der Waals surface area contributed by atoms with Gasteiger partial charge in [0.25, 0.3) is 11.6 Å². The van der Waals surface area contributed by atoms with Crippen molar-refractivity contribution in [3.05, 3.63) is 74.6 Å². The van der Waals surface area contributed by atoms with Crippen LogP contribution in [0.3, 0.4) is 0 Å². The van der Waals surface area contributed by atoms with Crippen LogP contribution in [0.4, 0.5) is 5.69 Å². The van der Waals surface area contributed by atoms with Crippen LogP contribution in [0, 0.1) is 10.1 Å². The monoisotopic (exact) mass is 441 g/mol. The van der Waals surface area contributed by atoms with Crippen LogP contribution in [0.2, 0.25) is 0 Å². The van der Waals surface area contributed by atoms with E-state index in [-0.39, 0.29) is 5.69 Å². The van der Waals surface area contributed by atoms with Gasteiger partial charge in [-0.05, 0) is 29.8 Å². The van der Waals surface area contributed by atoms with Gasteiger partial charge in [0.15, 0.2) is 4.80 Å². The summed E-state index contributed by atoms with van der Waals surface area (Å²) < 4.78 is 12.5. The van der Waals surface area contributed by atoms with Crippen molar-refractivity contribution in [2.45, 2.75) is 6.54 Å². The molecular formula is C21H19N3O6S. The van der Waals surface area contributed by atoms with Crippen molar-refractivity contribution in [3.63, 3.8) is 0 Å². The lowest BCUT2D eigenvalue weighted by atomic mass is 10.2. The third-order valence-corrected chi connectivity index (χ3v) is 5.37. The van der Waals surface area contributed by atoms with Crippen molar-refractivity contribution in [2.24, 2.45) is 4.99 Å². The number of hydrogen-bond acceptors (Lipinski definition) is 7. The van der Waals surface area contributed by atoms with Crippen LogP contribution in [-0.2, 0) is 20.8 Å². The predicted octanol–water partition coefficient (Wildman–Crippen LogP) is 3.18. The molecule has 1 amide bonds. The lowest BCUT2D eigenvalue weighted by Crippen LogP contribution is -2.18. The number of rotatable bonds is 7. The molecule has 0 radical (unpaired) electrons. The molecule has 0 aliphatic heterocycles. The first-order valence-electron chi connectivity index (χ1n) is 9.15. The number of amides is 1. The fraction of sp³-hybridized carbons (Fsp3) is 0.190. The molecule has 0 saturated carbocycles. The molecule has 0 saturated heterocycles. The van der Waals surface area contributed by atoms with Crippen molar-refractivity contribution in [1.82, 2.24) is 4.57 Å². The van der Waals surface area contributed by atoms with E-state index in [0.29, 0.717) is 29.1 Å². The number of hydrogen-bond donors (Lipinski definition) is 0. The molecule has 9 nitrogen and oxygen atoms in total. The number of ether oxygens (including phenoxy) is 2. The Bertz CT molecular complexity index is 1240. The van der Waals surface area contributed by atoms with Gasteiger partial charge in [0.2, 0.25) is 0 Å². The van der Waals surface area contributed by atoms with Crippen molar-refractivity contribution in [1.29, 1.82) is 0 Å². The molecule has 0 fully saturated rings. The van der Waals surface area contributed by atoms with Gasteiger partial charge >= 0.3 is 5.97 Å². The van der Waals surface area contributed by atoms with Gasteiger partial charge in [-0.3, -0.25) is 14.9 Å². The number of nitro groups is 1. The molecule has 0 aliphatic carbocycles. The minimum Gasteiger partial charge on any atom is -0.465 e. The summed E-state index contributed by atoms with van der Waals surface area (Å²) in [6, 6.07) is 11.1. The standard InChI is InChI=1S/C21H19N3O6S/c1-29-11-10-23-17-8-7-15(20(26)30-2)13-18(17)31-21(23)22-19(25)9-6-14-4-3-5-16(12-14)24(27)28/h3-9,12-13H,10-11H2,1-2H3. The second-order valence-electron chi connectivity index (χ2n) is 6.34. The Hall–Kier alpha value is -3.63. The first-order chi connectivity index (χ1) is 14.9. The molecule has 0 aliphatic rings. The number of esters is 1. The number of nitrogens with zero attached hydrogens (tertiary/aromatic N) is 3. The molecule has 0 bridgehead atoms. The van der Waals surface area contributed by atoms with E-state index in [9.17, 15) is 19.7 Å². The van der Waals surface area contributed by atoms with Crippen molar-refractivity contribution in [2.75, 3.05) is 20.8 Å². The lowest BCUT2D eigenvalue weighted by Gasteiger charge is -2.04. The van der Waals surface area contributed by atoms with E-state index >= 15 is 0 Å². The van der Waals surface area contributed by atoms with Crippen LogP contribution < -0.4 is 4.80 Å². The average molecular weight is 441 g/mol. The highest BCUT2D eigenvalue weighted by atomic mass is 32.1.